The van der Waals surface area contributed by atoms with Gasteiger partial charge in [-0.05, 0) is 28.1 Å². The second-order valence-electron chi connectivity index (χ2n) is 8.90. The van der Waals surface area contributed by atoms with E-state index in [4.69, 9.17) is 28.0 Å². The van der Waals surface area contributed by atoms with Gasteiger partial charge in [0.2, 0.25) is 11.6 Å². The van der Waals surface area contributed by atoms with Crippen molar-refractivity contribution < 1.29 is 29.1 Å². The molecule has 0 spiro atoms. The zero-order chi connectivity index (χ0) is 31.4. The van der Waals surface area contributed by atoms with Crippen LogP contribution in [-0.2, 0) is 31.1 Å². The summed E-state index contributed by atoms with van der Waals surface area (Å²) in [7, 11) is 1.74. The van der Waals surface area contributed by atoms with Gasteiger partial charge >= 0.3 is 0 Å². The van der Waals surface area contributed by atoms with Gasteiger partial charge in [-0.25, -0.2) is 9.67 Å². The number of phenols is 1. The highest BCUT2D eigenvalue weighted by Gasteiger charge is 2.49. The summed E-state index contributed by atoms with van der Waals surface area (Å²) in [5, 5.41) is 34.7. The molecule has 2 aliphatic rings. The standard InChI is InChI=1S/C23H20Cl2N10O6S3/c1-34-23(30-32-33-34)44-7-10-4-35-20(40)17(21(35)42-6-10)29-19(39)16(14-8-43-22(28-14)26-9-36)31-41-5-15(37)27-13-3-11(24)2-12(25)18(13)38/h2-4,8-9,17,21,38H,5-7H2,1H3,(H,27,37)(H,29,39)(H,26,28,36)/t17?,21-/m1/s1. The van der Waals surface area contributed by atoms with Crippen LogP contribution >= 0.6 is 58.1 Å². The van der Waals surface area contributed by atoms with Gasteiger partial charge in [0.05, 0.1) is 10.7 Å². The third-order valence-corrected chi connectivity index (χ3v) is 9.67. The number of anilines is 2. The number of halogens is 2. The number of aryl methyl sites for hydroxylation is 1. The minimum absolute atomic E-state index is 0.0360. The van der Waals surface area contributed by atoms with E-state index in [1.807, 2.05) is 0 Å². The fraction of sp³-hybridized carbons (Fsp3) is 0.261. The predicted octanol–water partition coefficient (Wildman–Crippen LogP) is 1.68. The van der Waals surface area contributed by atoms with Gasteiger partial charge in [-0.2, -0.15) is 0 Å². The molecular weight excluding hydrogens is 679 g/mol. The quantitative estimate of drug-likeness (QED) is 0.0532. The molecule has 4 heterocycles. The van der Waals surface area contributed by atoms with E-state index in [9.17, 15) is 24.3 Å². The summed E-state index contributed by atoms with van der Waals surface area (Å²) in [6, 6.07) is 1.73. The van der Waals surface area contributed by atoms with E-state index >= 15 is 0 Å². The van der Waals surface area contributed by atoms with E-state index < -0.39 is 30.2 Å². The number of hydrogen-bond donors (Lipinski definition) is 4. The Bertz CT molecular complexity index is 1680. The molecule has 16 nitrogen and oxygen atoms in total. The van der Waals surface area contributed by atoms with Gasteiger partial charge in [0.15, 0.2) is 23.2 Å². The van der Waals surface area contributed by atoms with Crippen molar-refractivity contribution in [1.29, 1.82) is 0 Å². The fourth-order valence-electron chi connectivity index (χ4n) is 3.86. The lowest BCUT2D eigenvalue weighted by molar-refractivity contribution is -0.143. The number of thioether (sulfide) groups is 2. The van der Waals surface area contributed by atoms with Crippen molar-refractivity contribution >= 4 is 98.7 Å². The summed E-state index contributed by atoms with van der Waals surface area (Å²) < 4.78 is 1.56. The molecule has 2 aliphatic heterocycles. The number of β-lactam (4-membered cyclic amide) rings is 1. The Hall–Kier alpha value is -3.91. The fourth-order valence-corrected chi connectivity index (χ4v) is 7.21. The van der Waals surface area contributed by atoms with Crippen LogP contribution in [0.15, 0.2) is 39.6 Å². The van der Waals surface area contributed by atoms with Crippen molar-refractivity contribution in [3.63, 3.8) is 0 Å². The molecule has 2 atom stereocenters. The topological polar surface area (TPSA) is 206 Å². The number of tetrazole rings is 1. The summed E-state index contributed by atoms with van der Waals surface area (Å²) in [5.41, 5.74) is 0.645. The van der Waals surface area contributed by atoms with Crippen molar-refractivity contribution in [3.05, 3.63) is 45.0 Å². The number of aromatic hydroxyl groups is 1. The van der Waals surface area contributed by atoms with Gasteiger partial charge in [0.1, 0.15) is 17.1 Å². The number of fused-ring (bicyclic) bond motifs is 1. The molecule has 1 aromatic carbocycles. The van der Waals surface area contributed by atoms with Crippen LogP contribution in [0.4, 0.5) is 10.8 Å². The van der Waals surface area contributed by atoms with E-state index in [0.717, 1.165) is 16.9 Å². The zero-order valence-corrected chi connectivity index (χ0v) is 26.2. The number of benzene rings is 1. The molecule has 0 saturated carbocycles. The third-order valence-electron chi connectivity index (χ3n) is 5.89. The van der Waals surface area contributed by atoms with Crippen LogP contribution in [0.25, 0.3) is 0 Å². The largest absolute Gasteiger partial charge is 0.504 e. The zero-order valence-electron chi connectivity index (χ0n) is 22.3. The summed E-state index contributed by atoms with van der Waals surface area (Å²) in [4.78, 5) is 60.3. The average Bonchev–Trinajstić information content (AvgIpc) is 3.63. The molecule has 3 aromatic rings. The average molecular weight is 700 g/mol. The van der Waals surface area contributed by atoms with Crippen LogP contribution in [0.5, 0.6) is 5.75 Å². The van der Waals surface area contributed by atoms with Crippen LogP contribution in [0, 0.1) is 0 Å². The van der Waals surface area contributed by atoms with Crippen LogP contribution in [0.3, 0.4) is 0 Å². The summed E-state index contributed by atoms with van der Waals surface area (Å²) >= 11 is 15.7. The molecule has 21 heteroatoms. The summed E-state index contributed by atoms with van der Waals surface area (Å²) in [6.45, 7) is -0.672. The number of rotatable bonds is 12. The Morgan fingerprint density at radius 1 is 1.34 bits per heavy atom. The molecule has 1 unspecified atom stereocenters. The summed E-state index contributed by atoms with van der Waals surface area (Å²) in [6.07, 6.45) is 2.19. The first-order valence-electron chi connectivity index (χ1n) is 12.3. The molecule has 5 rings (SSSR count). The number of oxime groups is 1. The first kappa shape index (κ1) is 31.5. The predicted molar refractivity (Wildman–Crippen MR) is 164 cm³/mol. The Morgan fingerprint density at radius 3 is 2.91 bits per heavy atom. The molecule has 4 N–H and O–H groups in total. The second-order valence-corrected chi connectivity index (χ2v) is 12.7. The maximum atomic E-state index is 13.3. The van der Waals surface area contributed by atoms with Gasteiger partial charge < -0.3 is 30.8 Å². The maximum absolute atomic E-state index is 13.3. The lowest BCUT2D eigenvalue weighted by atomic mass is 10.1. The molecular formula is C23H20Cl2N10O6S3. The van der Waals surface area contributed by atoms with E-state index in [2.05, 4.69) is 41.6 Å². The highest BCUT2D eigenvalue weighted by molar-refractivity contribution is 8.01. The third kappa shape index (κ3) is 7.07. The van der Waals surface area contributed by atoms with Crippen LogP contribution in [0.1, 0.15) is 5.69 Å². The second kappa shape index (κ2) is 13.8. The number of nitrogens with zero attached hydrogens (tertiary/aromatic N) is 7. The number of carbonyl (C=O) groups excluding carboxylic acids is 4. The number of aromatic nitrogens is 5. The maximum Gasteiger partial charge on any atom is 0.276 e. The minimum atomic E-state index is -0.851. The highest BCUT2D eigenvalue weighted by Crippen LogP contribution is 2.37. The van der Waals surface area contributed by atoms with Gasteiger partial charge in [0.25, 0.3) is 17.7 Å². The van der Waals surface area contributed by atoms with Crippen molar-refractivity contribution in [2.45, 2.75) is 16.6 Å². The van der Waals surface area contributed by atoms with Crippen molar-refractivity contribution in [3.8, 4) is 5.75 Å². The first-order valence-corrected chi connectivity index (χ1v) is 15.9. The molecule has 230 valence electrons. The van der Waals surface area contributed by atoms with Crippen LogP contribution in [-0.4, -0.2) is 94.6 Å². The number of phenolic OH excluding ortho intramolecular Hbond substituents is 1. The van der Waals surface area contributed by atoms with E-state index in [-0.39, 0.29) is 43.6 Å². The first-order chi connectivity index (χ1) is 21.1. The van der Waals surface area contributed by atoms with E-state index in [1.54, 1.807) is 22.8 Å². The minimum Gasteiger partial charge on any atom is -0.504 e. The normalized spacial score (nSPS) is 17.7. The molecule has 4 amide bonds. The van der Waals surface area contributed by atoms with Gasteiger partial charge in [-0.1, -0.05) is 40.1 Å². The Labute approximate surface area is 270 Å². The van der Waals surface area contributed by atoms with Gasteiger partial charge in [0, 0.05) is 35.2 Å². The van der Waals surface area contributed by atoms with E-state index in [0.29, 0.717) is 23.1 Å². The highest BCUT2D eigenvalue weighted by atomic mass is 35.5. The lowest BCUT2D eigenvalue weighted by Crippen LogP contribution is -2.69. The Balaban J connectivity index is 1.23. The van der Waals surface area contributed by atoms with Crippen molar-refractivity contribution in [1.82, 2.24) is 35.4 Å². The number of hydrogen-bond acceptors (Lipinski definition) is 14. The molecule has 0 aliphatic carbocycles. The monoisotopic (exact) mass is 698 g/mol. The van der Waals surface area contributed by atoms with Crippen LogP contribution in [0.2, 0.25) is 10.0 Å². The van der Waals surface area contributed by atoms with Crippen molar-refractivity contribution in [2.24, 2.45) is 12.2 Å². The molecule has 2 aromatic heterocycles. The lowest BCUT2D eigenvalue weighted by Gasteiger charge is -2.47. The van der Waals surface area contributed by atoms with Crippen molar-refractivity contribution in [2.75, 3.05) is 28.7 Å². The Kier molecular flexibility index (Phi) is 9.89. The molecule has 44 heavy (non-hydrogen) atoms. The molecule has 0 bridgehead atoms. The molecule has 1 fully saturated rings. The SMILES string of the molecule is Cn1nnnc1SCC1=CN2C(=O)C(NC(=O)C(=NOCC(=O)Nc3cc(Cl)cc(Cl)c3O)c3csc(NC=O)n3)[C@H]2SC1. The number of thiazole rings is 1. The smallest absolute Gasteiger partial charge is 0.276 e. The van der Waals surface area contributed by atoms with Crippen LogP contribution < -0.4 is 16.0 Å². The van der Waals surface area contributed by atoms with Gasteiger partial charge in [-0.3, -0.25) is 19.2 Å². The Morgan fingerprint density at radius 2 is 2.16 bits per heavy atom. The van der Waals surface area contributed by atoms with E-state index in [1.165, 1.54) is 41.0 Å². The summed E-state index contributed by atoms with van der Waals surface area (Å²) in [5.74, 6) is -1.04. The van der Waals surface area contributed by atoms with Gasteiger partial charge in [-0.15, -0.1) is 28.2 Å². The number of carbonyl (C=O) groups is 4. The molecule has 0 radical (unpaired) electrons. The number of nitrogens with one attached hydrogen (secondary N) is 3. The number of amides is 4. The molecule has 1 saturated heterocycles.